The molecule has 2 heterocycles. The minimum absolute atomic E-state index is 0.105. The molecule has 7 heteroatoms. The summed E-state index contributed by atoms with van der Waals surface area (Å²) in [6, 6.07) is 2.38. The van der Waals surface area contributed by atoms with Gasteiger partial charge in [0.15, 0.2) is 11.6 Å². The molecule has 0 bridgehead atoms. The molecule has 2 saturated heterocycles. The number of hydrogen-bond acceptors (Lipinski definition) is 4. The zero-order valence-corrected chi connectivity index (χ0v) is 13.2. The van der Waals surface area contributed by atoms with E-state index >= 15 is 0 Å². The van der Waals surface area contributed by atoms with Crippen molar-refractivity contribution in [1.82, 2.24) is 5.32 Å². The maximum Gasteiger partial charge on any atom is 0.168 e. The summed E-state index contributed by atoms with van der Waals surface area (Å²) in [6.45, 7) is 2.96. The highest BCUT2D eigenvalue weighted by Crippen LogP contribution is 2.30. The third kappa shape index (κ3) is 3.64. The van der Waals surface area contributed by atoms with E-state index in [2.05, 4.69) is 5.32 Å². The van der Waals surface area contributed by atoms with Gasteiger partial charge >= 0.3 is 0 Å². The lowest BCUT2D eigenvalue weighted by Crippen LogP contribution is -2.43. The van der Waals surface area contributed by atoms with E-state index in [0.29, 0.717) is 43.1 Å². The molecule has 0 saturated carbocycles. The molecular weight excluding hydrogens is 310 g/mol. The fourth-order valence-corrected chi connectivity index (χ4v) is 4.11. The Hall–Kier alpha value is -1.05. The minimum Gasteiger partial charge on any atom is -0.487 e. The SMILES string of the molecule is O[S+]1CCC(Oc2cc(N3CCNCC3)c(F)cc2F)CC1. The van der Waals surface area contributed by atoms with Crippen LogP contribution in [0, 0.1) is 11.6 Å². The van der Waals surface area contributed by atoms with E-state index in [4.69, 9.17) is 4.74 Å². The Morgan fingerprint density at radius 2 is 1.82 bits per heavy atom. The highest BCUT2D eigenvalue weighted by Gasteiger charge is 2.29. The first-order valence-electron chi connectivity index (χ1n) is 7.61. The van der Waals surface area contributed by atoms with E-state index < -0.39 is 22.8 Å². The van der Waals surface area contributed by atoms with Crippen molar-refractivity contribution >= 4 is 16.9 Å². The molecule has 2 aliphatic rings. The Labute approximate surface area is 132 Å². The second-order valence-electron chi connectivity index (χ2n) is 5.66. The van der Waals surface area contributed by atoms with Crippen LogP contribution in [-0.2, 0) is 11.2 Å². The monoisotopic (exact) mass is 331 g/mol. The van der Waals surface area contributed by atoms with Crippen LogP contribution in [0.4, 0.5) is 14.5 Å². The lowest BCUT2D eigenvalue weighted by molar-refractivity contribution is 0.181. The van der Waals surface area contributed by atoms with Crippen molar-refractivity contribution in [3.05, 3.63) is 23.8 Å². The summed E-state index contributed by atoms with van der Waals surface area (Å²) < 4.78 is 43.3. The highest BCUT2D eigenvalue weighted by molar-refractivity contribution is 7.91. The first kappa shape index (κ1) is 15.8. The molecule has 0 radical (unpaired) electrons. The van der Waals surface area contributed by atoms with E-state index in [-0.39, 0.29) is 11.9 Å². The number of piperazine rings is 1. The number of halogens is 2. The predicted molar refractivity (Wildman–Crippen MR) is 84.8 cm³/mol. The summed E-state index contributed by atoms with van der Waals surface area (Å²) in [7, 11) is 0. The van der Waals surface area contributed by atoms with Gasteiger partial charge in [0.2, 0.25) is 0 Å². The molecule has 1 aromatic carbocycles. The molecule has 3 rings (SSSR count). The van der Waals surface area contributed by atoms with Gasteiger partial charge in [-0.25, -0.2) is 8.78 Å². The molecule has 4 nitrogen and oxygen atoms in total. The summed E-state index contributed by atoms with van der Waals surface area (Å²) in [5.41, 5.74) is 0.399. The van der Waals surface area contributed by atoms with Crippen molar-refractivity contribution < 1.29 is 18.1 Å². The van der Waals surface area contributed by atoms with Crippen LogP contribution >= 0.6 is 0 Å². The molecule has 0 aliphatic carbocycles. The van der Waals surface area contributed by atoms with Crippen LogP contribution in [0.5, 0.6) is 5.75 Å². The fourth-order valence-electron chi connectivity index (χ4n) is 2.84. The maximum atomic E-state index is 14.1. The molecule has 1 aromatic rings. The molecule has 2 aliphatic heterocycles. The molecular formula is C15H21F2N2O2S+. The van der Waals surface area contributed by atoms with Crippen LogP contribution in [0.2, 0.25) is 0 Å². The molecule has 0 amide bonds. The standard InChI is InChI=1S/C15H21F2N2O2S/c16-12-9-13(17)15(21-11-1-7-22(20)8-2-11)10-14(12)19-5-3-18-4-6-19/h9-11,18,20H,1-8H2/q+1. The molecule has 2 N–H and O–H groups in total. The minimum atomic E-state index is -0.662. The number of rotatable bonds is 3. The Balaban J connectivity index is 1.75. The first-order chi connectivity index (χ1) is 10.6. The van der Waals surface area contributed by atoms with Crippen molar-refractivity contribution in [2.75, 3.05) is 42.6 Å². The smallest absolute Gasteiger partial charge is 0.168 e. The Morgan fingerprint density at radius 3 is 2.50 bits per heavy atom. The Kier molecular flexibility index (Phi) is 5.05. The molecule has 22 heavy (non-hydrogen) atoms. The quantitative estimate of drug-likeness (QED) is 0.832. The second kappa shape index (κ2) is 7.02. The summed E-state index contributed by atoms with van der Waals surface area (Å²) in [4.78, 5) is 1.91. The number of benzene rings is 1. The van der Waals surface area contributed by atoms with Gasteiger partial charge in [-0.15, -0.1) is 0 Å². The van der Waals surface area contributed by atoms with E-state index in [9.17, 15) is 13.3 Å². The van der Waals surface area contributed by atoms with Gasteiger partial charge in [-0.2, -0.15) is 4.55 Å². The van der Waals surface area contributed by atoms with Gasteiger partial charge in [-0.1, -0.05) is 0 Å². The number of hydrogen-bond donors (Lipinski definition) is 2. The van der Waals surface area contributed by atoms with Crippen molar-refractivity contribution in [3.63, 3.8) is 0 Å². The summed E-state index contributed by atoms with van der Waals surface area (Å²) in [5.74, 6) is 0.285. The van der Waals surface area contributed by atoms with Crippen LogP contribution in [0.1, 0.15) is 12.8 Å². The van der Waals surface area contributed by atoms with Crippen molar-refractivity contribution in [1.29, 1.82) is 0 Å². The number of nitrogens with zero attached hydrogens (tertiary/aromatic N) is 1. The lowest BCUT2D eigenvalue weighted by atomic mass is 10.2. The number of ether oxygens (including phenoxy) is 1. The van der Waals surface area contributed by atoms with Crippen LogP contribution in [0.15, 0.2) is 12.1 Å². The third-order valence-corrected chi connectivity index (χ3v) is 5.52. The number of nitrogens with one attached hydrogen (secondary N) is 1. The molecule has 122 valence electrons. The topological polar surface area (TPSA) is 44.7 Å². The molecule has 0 aromatic heterocycles. The second-order valence-corrected chi connectivity index (χ2v) is 7.40. The zero-order chi connectivity index (χ0) is 15.5. The molecule has 0 unspecified atom stereocenters. The van der Waals surface area contributed by atoms with Gasteiger partial charge in [-0.3, -0.25) is 0 Å². The summed E-state index contributed by atoms with van der Waals surface area (Å²) in [6.07, 6.45) is 1.31. The van der Waals surface area contributed by atoms with E-state index in [1.165, 1.54) is 6.07 Å². The van der Waals surface area contributed by atoms with E-state index in [0.717, 1.165) is 19.2 Å². The van der Waals surface area contributed by atoms with Gasteiger partial charge in [0, 0.05) is 51.2 Å². The van der Waals surface area contributed by atoms with Crippen molar-refractivity contribution in [2.45, 2.75) is 18.9 Å². The Morgan fingerprint density at radius 1 is 1.14 bits per heavy atom. The predicted octanol–water partition coefficient (Wildman–Crippen LogP) is 2.01. The Bertz CT molecular complexity index is 519. The molecule has 2 fully saturated rings. The first-order valence-corrected chi connectivity index (χ1v) is 9.13. The van der Waals surface area contributed by atoms with Gasteiger partial charge in [-0.05, 0) is 0 Å². The largest absolute Gasteiger partial charge is 0.487 e. The van der Waals surface area contributed by atoms with Gasteiger partial charge in [0.05, 0.1) is 5.69 Å². The van der Waals surface area contributed by atoms with Crippen LogP contribution in [0.3, 0.4) is 0 Å². The average Bonchev–Trinajstić information content (AvgIpc) is 2.53. The summed E-state index contributed by atoms with van der Waals surface area (Å²) in [5, 5.41) is 3.21. The van der Waals surface area contributed by atoms with Gasteiger partial charge in [0.1, 0.15) is 34.6 Å². The van der Waals surface area contributed by atoms with Crippen LogP contribution in [0.25, 0.3) is 0 Å². The maximum absolute atomic E-state index is 14.1. The normalized spacial score (nSPS) is 26.0. The fraction of sp³-hybridized carbons (Fsp3) is 0.600. The van der Waals surface area contributed by atoms with Crippen LogP contribution in [-0.4, -0.2) is 48.3 Å². The zero-order valence-electron chi connectivity index (χ0n) is 12.4. The van der Waals surface area contributed by atoms with Gasteiger partial charge in [0.25, 0.3) is 0 Å². The molecule has 0 atom stereocenters. The van der Waals surface area contributed by atoms with Gasteiger partial charge < -0.3 is 15.0 Å². The highest BCUT2D eigenvalue weighted by atomic mass is 32.2. The molecule has 0 spiro atoms. The van der Waals surface area contributed by atoms with Crippen molar-refractivity contribution in [3.8, 4) is 5.75 Å². The van der Waals surface area contributed by atoms with Crippen LogP contribution < -0.4 is 15.0 Å². The van der Waals surface area contributed by atoms with Crippen molar-refractivity contribution in [2.24, 2.45) is 0 Å². The van der Waals surface area contributed by atoms with E-state index in [1.807, 2.05) is 4.90 Å². The lowest BCUT2D eigenvalue weighted by Gasteiger charge is -2.30. The third-order valence-electron chi connectivity index (χ3n) is 4.10. The summed E-state index contributed by atoms with van der Waals surface area (Å²) >= 11 is -0.535. The number of anilines is 1. The van der Waals surface area contributed by atoms with E-state index in [1.54, 1.807) is 0 Å². The average molecular weight is 331 g/mol.